The standard InChI is InChI=1S/C7H6BrN/c8-4-3-7-2-1-5-9-6-7/h1-6H. The van der Waals surface area contributed by atoms with Crippen LogP contribution >= 0.6 is 15.9 Å². The van der Waals surface area contributed by atoms with Crippen LogP contribution in [0.5, 0.6) is 0 Å². The van der Waals surface area contributed by atoms with Gasteiger partial charge in [0.25, 0.3) is 0 Å². The molecule has 0 radical (unpaired) electrons. The first-order valence-electron chi connectivity index (χ1n) is 2.60. The van der Waals surface area contributed by atoms with Crippen molar-refractivity contribution in [3.63, 3.8) is 0 Å². The van der Waals surface area contributed by atoms with Gasteiger partial charge in [-0.2, -0.15) is 0 Å². The first-order chi connectivity index (χ1) is 4.43. The fourth-order valence-corrected chi connectivity index (χ4v) is 0.853. The van der Waals surface area contributed by atoms with E-state index < -0.39 is 0 Å². The van der Waals surface area contributed by atoms with E-state index in [2.05, 4.69) is 20.9 Å². The summed E-state index contributed by atoms with van der Waals surface area (Å²) >= 11 is 3.18. The molecule has 0 aromatic carbocycles. The van der Waals surface area contributed by atoms with Crippen molar-refractivity contribution in [2.75, 3.05) is 0 Å². The summed E-state index contributed by atoms with van der Waals surface area (Å²) in [4.78, 5) is 5.74. The predicted molar refractivity (Wildman–Crippen MR) is 42.2 cm³/mol. The maximum absolute atomic E-state index is 3.93. The van der Waals surface area contributed by atoms with Gasteiger partial charge in [0.15, 0.2) is 0 Å². The molecule has 0 bridgehead atoms. The van der Waals surface area contributed by atoms with Crippen molar-refractivity contribution in [3.8, 4) is 0 Å². The van der Waals surface area contributed by atoms with E-state index >= 15 is 0 Å². The second kappa shape index (κ2) is 3.41. The topological polar surface area (TPSA) is 12.9 Å². The van der Waals surface area contributed by atoms with Gasteiger partial charge >= 0.3 is 0 Å². The zero-order chi connectivity index (χ0) is 6.53. The van der Waals surface area contributed by atoms with Crippen molar-refractivity contribution in [1.82, 2.24) is 4.98 Å². The van der Waals surface area contributed by atoms with Crippen LogP contribution in [0.2, 0.25) is 0 Å². The normalized spacial score (nSPS) is 10.3. The molecule has 1 aromatic heterocycles. The van der Waals surface area contributed by atoms with E-state index in [1.165, 1.54) is 0 Å². The van der Waals surface area contributed by atoms with Crippen LogP contribution in [0.3, 0.4) is 0 Å². The molecule has 0 aliphatic carbocycles. The van der Waals surface area contributed by atoms with Crippen LogP contribution in [-0.2, 0) is 0 Å². The summed E-state index contributed by atoms with van der Waals surface area (Å²) in [7, 11) is 0. The maximum atomic E-state index is 3.93. The summed E-state index contributed by atoms with van der Waals surface area (Å²) in [6.07, 6.45) is 5.50. The van der Waals surface area contributed by atoms with E-state index in [1.807, 2.05) is 23.2 Å². The molecule has 1 aromatic rings. The van der Waals surface area contributed by atoms with E-state index in [0.717, 1.165) is 5.56 Å². The molecule has 1 nitrogen and oxygen atoms in total. The van der Waals surface area contributed by atoms with Gasteiger partial charge in [-0.05, 0) is 22.7 Å². The molecule has 2 heteroatoms. The Morgan fingerprint density at radius 3 is 3.00 bits per heavy atom. The zero-order valence-electron chi connectivity index (χ0n) is 4.79. The third-order valence-electron chi connectivity index (χ3n) is 0.940. The van der Waals surface area contributed by atoms with Gasteiger partial charge < -0.3 is 0 Å². The summed E-state index contributed by atoms with van der Waals surface area (Å²) in [6, 6.07) is 3.90. The van der Waals surface area contributed by atoms with Crippen LogP contribution in [-0.4, -0.2) is 4.98 Å². The Balaban J connectivity index is 2.85. The van der Waals surface area contributed by atoms with Gasteiger partial charge in [-0.25, -0.2) is 0 Å². The van der Waals surface area contributed by atoms with Gasteiger partial charge in [0.2, 0.25) is 0 Å². The molecule has 0 saturated carbocycles. The summed E-state index contributed by atoms with van der Waals surface area (Å²) in [5, 5.41) is 0. The van der Waals surface area contributed by atoms with Crippen molar-refractivity contribution in [1.29, 1.82) is 0 Å². The summed E-state index contributed by atoms with van der Waals surface area (Å²) in [6.45, 7) is 0. The minimum atomic E-state index is 1.11. The molecule has 1 heterocycles. The quantitative estimate of drug-likeness (QED) is 0.653. The molecule has 0 fully saturated rings. The second-order valence-corrected chi connectivity index (χ2v) is 2.11. The Kier molecular flexibility index (Phi) is 2.46. The maximum Gasteiger partial charge on any atom is 0.0340 e. The number of halogens is 1. The Hall–Kier alpha value is -0.630. The van der Waals surface area contributed by atoms with E-state index in [1.54, 1.807) is 12.4 Å². The monoisotopic (exact) mass is 183 g/mol. The summed E-state index contributed by atoms with van der Waals surface area (Å²) in [5.74, 6) is 0. The molecular weight excluding hydrogens is 178 g/mol. The smallest absolute Gasteiger partial charge is 0.0340 e. The molecule has 46 valence electrons. The van der Waals surface area contributed by atoms with Crippen molar-refractivity contribution < 1.29 is 0 Å². The highest BCUT2D eigenvalue weighted by atomic mass is 79.9. The number of rotatable bonds is 1. The molecule has 0 saturated heterocycles. The molecule has 0 N–H and O–H groups in total. The fourth-order valence-electron chi connectivity index (χ4n) is 0.547. The Morgan fingerprint density at radius 1 is 1.56 bits per heavy atom. The van der Waals surface area contributed by atoms with Crippen molar-refractivity contribution in [2.24, 2.45) is 0 Å². The lowest BCUT2D eigenvalue weighted by atomic mass is 10.3. The van der Waals surface area contributed by atoms with Crippen LogP contribution < -0.4 is 0 Å². The van der Waals surface area contributed by atoms with Gasteiger partial charge in [0.05, 0.1) is 0 Å². The summed E-state index contributed by atoms with van der Waals surface area (Å²) in [5.41, 5.74) is 1.11. The van der Waals surface area contributed by atoms with E-state index in [4.69, 9.17) is 0 Å². The first-order valence-corrected chi connectivity index (χ1v) is 3.52. The average Bonchev–Trinajstić information content (AvgIpc) is 1.91. The van der Waals surface area contributed by atoms with Crippen molar-refractivity contribution in [2.45, 2.75) is 0 Å². The summed E-state index contributed by atoms with van der Waals surface area (Å²) < 4.78 is 0. The highest BCUT2D eigenvalue weighted by Crippen LogP contribution is 1.99. The van der Waals surface area contributed by atoms with Crippen LogP contribution in [0, 0.1) is 0 Å². The van der Waals surface area contributed by atoms with Crippen LogP contribution in [0.15, 0.2) is 29.5 Å². The van der Waals surface area contributed by atoms with Gasteiger partial charge in [0.1, 0.15) is 0 Å². The Bertz CT molecular complexity index is 193. The molecule has 0 spiro atoms. The molecule has 0 aliphatic heterocycles. The number of aromatic nitrogens is 1. The van der Waals surface area contributed by atoms with Gasteiger partial charge in [0, 0.05) is 12.4 Å². The minimum Gasteiger partial charge on any atom is -0.264 e. The SMILES string of the molecule is BrC=Cc1cccnc1. The fraction of sp³-hybridized carbons (Fsp3) is 0. The highest BCUT2D eigenvalue weighted by molar-refractivity contribution is 9.11. The number of nitrogens with zero attached hydrogens (tertiary/aromatic N) is 1. The highest BCUT2D eigenvalue weighted by Gasteiger charge is 1.79. The molecule has 0 unspecified atom stereocenters. The van der Waals surface area contributed by atoms with E-state index in [-0.39, 0.29) is 0 Å². The lowest BCUT2D eigenvalue weighted by Gasteiger charge is -1.85. The third-order valence-corrected chi connectivity index (χ3v) is 1.20. The number of hydrogen-bond acceptors (Lipinski definition) is 1. The number of pyridine rings is 1. The molecule has 9 heavy (non-hydrogen) atoms. The largest absolute Gasteiger partial charge is 0.264 e. The molecule has 1 rings (SSSR count). The molecular formula is C7H6BrN. The Labute approximate surface area is 62.6 Å². The van der Waals surface area contributed by atoms with Crippen molar-refractivity contribution in [3.05, 3.63) is 35.1 Å². The minimum absolute atomic E-state index is 1.11. The van der Waals surface area contributed by atoms with Gasteiger partial charge in [-0.3, -0.25) is 4.98 Å². The number of hydrogen-bond donors (Lipinski definition) is 0. The first kappa shape index (κ1) is 6.49. The van der Waals surface area contributed by atoms with Crippen LogP contribution in [0.1, 0.15) is 5.56 Å². The lowest BCUT2D eigenvalue weighted by molar-refractivity contribution is 1.32. The van der Waals surface area contributed by atoms with Crippen LogP contribution in [0.25, 0.3) is 6.08 Å². The van der Waals surface area contributed by atoms with E-state index in [9.17, 15) is 0 Å². The molecule has 0 amide bonds. The van der Waals surface area contributed by atoms with Gasteiger partial charge in [-0.1, -0.05) is 22.0 Å². The van der Waals surface area contributed by atoms with Crippen molar-refractivity contribution >= 4 is 22.0 Å². The molecule has 0 atom stereocenters. The van der Waals surface area contributed by atoms with Gasteiger partial charge in [-0.15, -0.1) is 0 Å². The molecule has 0 aliphatic rings. The second-order valence-electron chi connectivity index (χ2n) is 1.58. The average molecular weight is 184 g/mol. The Morgan fingerprint density at radius 2 is 2.44 bits per heavy atom. The van der Waals surface area contributed by atoms with Crippen LogP contribution in [0.4, 0.5) is 0 Å². The zero-order valence-corrected chi connectivity index (χ0v) is 6.38. The lowest BCUT2D eigenvalue weighted by Crippen LogP contribution is -1.70. The predicted octanol–water partition coefficient (Wildman–Crippen LogP) is 2.45. The third kappa shape index (κ3) is 1.98. The van der Waals surface area contributed by atoms with E-state index in [0.29, 0.717) is 0 Å².